The number of rotatable bonds is 1. The van der Waals surface area contributed by atoms with E-state index in [4.69, 9.17) is 6.42 Å². The summed E-state index contributed by atoms with van der Waals surface area (Å²) in [5.74, 6) is 3.25. The molecular formula is C12H13NO2. The number of nitrogens with zero attached hydrogens (tertiary/aromatic N) is 1. The van der Waals surface area contributed by atoms with Gasteiger partial charge >= 0.3 is 0 Å². The summed E-state index contributed by atoms with van der Waals surface area (Å²) in [6.07, 6.45) is 8.49. The van der Waals surface area contributed by atoms with Gasteiger partial charge < -0.3 is 0 Å². The number of likely N-dealkylation sites (tertiary alicyclic amines) is 1. The van der Waals surface area contributed by atoms with Crippen molar-refractivity contribution in [1.29, 1.82) is 0 Å². The third-order valence-electron chi connectivity index (χ3n) is 4.27. The predicted molar refractivity (Wildman–Crippen MR) is 53.4 cm³/mol. The number of carbonyl (C=O) groups excluding carboxylic acids is 2. The van der Waals surface area contributed by atoms with E-state index in [1.165, 1.54) is 4.90 Å². The van der Waals surface area contributed by atoms with Crippen molar-refractivity contribution in [2.45, 2.75) is 19.3 Å². The molecule has 0 spiro atoms. The molecule has 1 heterocycles. The van der Waals surface area contributed by atoms with E-state index in [1.807, 2.05) is 0 Å². The molecule has 78 valence electrons. The summed E-state index contributed by atoms with van der Waals surface area (Å²) < 4.78 is 0. The molecule has 3 heteroatoms. The molecule has 0 aromatic heterocycles. The van der Waals surface area contributed by atoms with E-state index in [2.05, 4.69) is 5.92 Å². The van der Waals surface area contributed by atoms with Crippen LogP contribution in [0.2, 0.25) is 0 Å². The maximum atomic E-state index is 12.0. The van der Waals surface area contributed by atoms with E-state index in [0.29, 0.717) is 11.8 Å². The van der Waals surface area contributed by atoms with Crippen molar-refractivity contribution < 1.29 is 9.59 Å². The number of fused-ring (bicyclic) bond motifs is 5. The van der Waals surface area contributed by atoms with Crippen molar-refractivity contribution in [3.05, 3.63) is 0 Å². The van der Waals surface area contributed by atoms with Crippen LogP contribution in [0.1, 0.15) is 19.3 Å². The lowest BCUT2D eigenvalue weighted by Gasteiger charge is -2.19. The molecule has 2 saturated carbocycles. The number of amides is 2. The second-order valence-corrected chi connectivity index (χ2v) is 4.85. The Balaban J connectivity index is 1.94. The highest BCUT2D eigenvalue weighted by molar-refractivity contribution is 6.06. The smallest absolute Gasteiger partial charge is 0.234 e. The SMILES string of the molecule is C#CCN1C(=O)C2C3CCC(C3)C2C1=O. The van der Waals surface area contributed by atoms with Gasteiger partial charge in [0.2, 0.25) is 11.8 Å². The minimum atomic E-state index is -0.0235. The van der Waals surface area contributed by atoms with Crippen LogP contribution in [-0.4, -0.2) is 23.3 Å². The van der Waals surface area contributed by atoms with Crippen molar-refractivity contribution in [2.24, 2.45) is 23.7 Å². The Labute approximate surface area is 88.8 Å². The first kappa shape index (κ1) is 8.96. The first-order valence-electron chi connectivity index (χ1n) is 5.52. The quantitative estimate of drug-likeness (QED) is 0.463. The Bertz CT molecular complexity index is 354. The maximum absolute atomic E-state index is 12.0. The molecule has 2 aliphatic carbocycles. The number of hydrogen-bond acceptors (Lipinski definition) is 2. The summed E-state index contributed by atoms with van der Waals surface area (Å²) in [5, 5.41) is 0. The number of imide groups is 1. The van der Waals surface area contributed by atoms with E-state index < -0.39 is 0 Å². The Kier molecular flexibility index (Phi) is 1.70. The minimum Gasteiger partial charge on any atom is -0.274 e. The molecular weight excluding hydrogens is 190 g/mol. The van der Waals surface area contributed by atoms with Gasteiger partial charge in [-0.15, -0.1) is 6.42 Å². The fourth-order valence-corrected chi connectivity index (χ4v) is 3.72. The summed E-state index contributed by atoms with van der Waals surface area (Å²) in [4.78, 5) is 25.3. The molecule has 4 unspecified atom stereocenters. The monoisotopic (exact) mass is 203 g/mol. The van der Waals surface area contributed by atoms with Gasteiger partial charge in [-0.1, -0.05) is 5.92 Å². The van der Waals surface area contributed by atoms with Crippen molar-refractivity contribution in [3.8, 4) is 12.3 Å². The van der Waals surface area contributed by atoms with Gasteiger partial charge in [0, 0.05) is 0 Å². The number of terminal acetylenes is 1. The van der Waals surface area contributed by atoms with Crippen LogP contribution in [0.25, 0.3) is 0 Å². The summed E-state index contributed by atoms with van der Waals surface area (Å²) in [5.41, 5.74) is 0. The van der Waals surface area contributed by atoms with Crippen LogP contribution in [0.4, 0.5) is 0 Å². The Morgan fingerprint density at radius 1 is 1.20 bits per heavy atom. The van der Waals surface area contributed by atoms with Crippen molar-refractivity contribution in [3.63, 3.8) is 0 Å². The molecule has 2 amide bonds. The van der Waals surface area contributed by atoms with Crippen LogP contribution in [0.3, 0.4) is 0 Å². The van der Waals surface area contributed by atoms with E-state index in [1.54, 1.807) is 0 Å². The number of carbonyl (C=O) groups is 2. The molecule has 0 radical (unpaired) electrons. The van der Waals surface area contributed by atoms with Crippen LogP contribution in [-0.2, 0) is 9.59 Å². The molecule has 0 N–H and O–H groups in total. The topological polar surface area (TPSA) is 37.4 Å². The zero-order chi connectivity index (χ0) is 10.6. The molecule has 15 heavy (non-hydrogen) atoms. The molecule has 1 aliphatic heterocycles. The summed E-state index contributed by atoms with van der Waals surface area (Å²) in [6, 6.07) is 0. The van der Waals surface area contributed by atoms with Crippen LogP contribution < -0.4 is 0 Å². The molecule has 3 aliphatic rings. The number of hydrogen-bond donors (Lipinski definition) is 0. The fraction of sp³-hybridized carbons (Fsp3) is 0.667. The third kappa shape index (κ3) is 0.971. The van der Waals surface area contributed by atoms with Crippen molar-refractivity contribution >= 4 is 11.8 Å². The van der Waals surface area contributed by atoms with Gasteiger partial charge in [-0.3, -0.25) is 14.5 Å². The normalized spacial score (nSPS) is 42.2. The Morgan fingerprint density at radius 3 is 2.20 bits per heavy atom. The lowest BCUT2D eigenvalue weighted by molar-refractivity contribution is -0.139. The van der Waals surface area contributed by atoms with E-state index in [9.17, 15) is 9.59 Å². The Morgan fingerprint density at radius 2 is 1.73 bits per heavy atom. The average Bonchev–Trinajstić information content (AvgIpc) is 2.87. The fourth-order valence-electron chi connectivity index (χ4n) is 3.72. The van der Waals surface area contributed by atoms with Gasteiger partial charge in [0.15, 0.2) is 0 Å². The average molecular weight is 203 g/mol. The lowest BCUT2D eigenvalue weighted by Crippen LogP contribution is -2.33. The van der Waals surface area contributed by atoms with Crippen LogP contribution in [0.5, 0.6) is 0 Å². The van der Waals surface area contributed by atoms with Gasteiger partial charge in [-0.25, -0.2) is 0 Å². The molecule has 3 fully saturated rings. The molecule has 1 saturated heterocycles. The van der Waals surface area contributed by atoms with Crippen LogP contribution >= 0.6 is 0 Å². The summed E-state index contributed by atoms with van der Waals surface area (Å²) in [6.45, 7) is 0.157. The van der Waals surface area contributed by atoms with Gasteiger partial charge in [-0.05, 0) is 31.1 Å². The second-order valence-electron chi connectivity index (χ2n) is 4.85. The first-order valence-corrected chi connectivity index (χ1v) is 5.52. The molecule has 3 nitrogen and oxygen atoms in total. The second kappa shape index (κ2) is 2.85. The zero-order valence-corrected chi connectivity index (χ0v) is 8.48. The van der Waals surface area contributed by atoms with Gasteiger partial charge in [0.1, 0.15) is 0 Å². The molecule has 2 bridgehead atoms. The first-order chi connectivity index (χ1) is 7.24. The summed E-state index contributed by atoms with van der Waals surface area (Å²) >= 11 is 0. The van der Waals surface area contributed by atoms with Crippen LogP contribution in [0, 0.1) is 36.0 Å². The van der Waals surface area contributed by atoms with Crippen LogP contribution in [0.15, 0.2) is 0 Å². The highest BCUT2D eigenvalue weighted by Crippen LogP contribution is 2.55. The minimum absolute atomic E-state index is 0.00449. The molecule has 0 aromatic carbocycles. The highest BCUT2D eigenvalue weighted by atomic mass is 16.2. The maximum Gasteiger partial charge on any atom is 0.234 e. The Hall–Kier alpha value is -1.30. The van der Waals surface area contributed by atoms with Crippen molar-refractivity contribution in [1.82, 2.24) is 4.90 Å². The van der Waals surface area contributed by atoms with Crippen molar-refractivity contribution in [2.75, 3.05) is 6.54 Å². The molecule has 0 aromatic rings. The summed E-state index contributed by atoms with van der Waals surface area (Å²) in [7, 11) is 0. The standard InChI is InChI=1S/C12H13NO2/c1-2-5-13-11(14)9-7-3-4-8(6-7)10(9)12(13)15/h1,7-10H,3-6H2. The van der Waals surface area contributed by atoms with E-state index >= 15 is 0 Å². The molecule has 3 rings (SSSR count). The molecule has 4 atom stereocenters. The zero-order valence-electron chi connectivity index (χ0n) is 8.48. The van der Waals surface area contributed by atoms with Gasteiger partial charge in [0.05, 0.1) is 18.4 Å². The highest BCUT2D eigenvalue weighted by Gasteiger charge is 2.60. The van der Waals surface area contributed by atoms with Gasteiger partial charge in [-0.2, -0.15) is 0 Å². The largest absolute Gasteiger partial charge is 0.274 e. The van der Waals surface area contributed by atoms with Gasteiger partial charge in [0.25, 0.3) is 0 Å². The lowest BCUT2D eigenvalue weighted by atomic mass is 9.81. The predicted octanol–water partition coefficient (Wildman–Crippen LogP) is 0.651. The van der Waals surface area contributed by atoms with E-state index in [-0.39, 0.29) is 30.2 Å². The third-order valence-corrected chi connectivity index (χ3v) is 4.27. The van der Waals surface area contributed by atoms with E-state index in [0.717, 1.165) is 19.3 Å².